The van der Waals surface area contributed by atoms with Crippen molar-refractivity contribution in [2.75, 3.05) is 47.5 Å². The molecule has 9 nitrogen and oxygen atoms in total. The number of carbonyl (C=O) groups is 2. The minimum absolute atomic E-state index is 0.0328. The van der Waals surface area contributed by atoms with Gasteiger partial charge in [0.15, 0.2) is 6.10 Å². The fourth-order valence-corrected chi connectivity index (χ4v) is 5.75. The van der Waals surface area contributed by atoms with Gasteiger partial charge < -0.3 is 27.9 Å². The molecule has 0 saturated heterocycles. The standard InChI is InChI=1S/C37H72NO8P/c1-6-8-10-12-14-16-17-18-19-20-21-22-24-25-27-29-36(39)43-33-35(34-45-47(41,42)44-32-31-38(3,4)5)46-37(40)30-28-26-23-15-13-11-9-7-2/h24-25,35H,6-23,26-34H2,1-5H3/b25-24+/t35-/m0/s1. The average Bonchev–Trinajstić information content (AvgIpc) is 3.01. The molecule has 0 N–H and O–H groups in total. The molecule has 0 rings (SSSR count). The molecular formula is C37H72NO8P. The first-order valence-corrected chi connectivity index (χ1v) is 20.4. The van der Waals surface area contributed by atoms with Crippen LogP contribution in [0.5, 0.6) is 0 Å². The predicted octanol–water partition coefficient (Wildman–Crippen LogP) is 9.22. The van der Waals surface area contributed by atoms with Gasteiger partial charge in [-0.1, -0.05) is 135 Å². The Labute approximate surface area is 288 Å². The number of hydrogen-bond acceptors (Lipinski definition) is 8. The van der Waals surface area contributed by atoms with Crippen LogP contribution in [0, 0.1) is 0 Å². The van der Waals surface area contributed by atoms with Crippen LogP contribution in [0.15, 0.2) is 12.2 Å². The van der Waals surface area contributed by atoms with Crippen LogP contribution in [0.1, 0.15) is 162 Å². The fraction of sp³-hybridized carbons (Fsp3) is 0.892. The second kappa shape index (κ2) is 30.8. The van der Waals surface area contributed by atoms with Gasteiger partial charge in [0.2, 0.25) is 0 Å². The zero-order chi connectivity index (χ0) is 35.1. The van der Waals surface area contributed by atoms with E-state index >= 15 is 0 Å². The predicted molar refractivity (Wildman–Crippen MR) is 190 cm³/mol. The third-order valence-corrected chi connectivity index (χ3v) is 9.01. The number of hydrogen-bond donors (Lipinski definition) is 0. The molecule has 0 fully saturated rings. The molecule has 1 unspecified atom stereocenters. The van der Waals surface area contributed by atoms with E-state index in [1.165, 1.54) is 89.9 Å². The highest BCUT2D eigenvalue weighted by Crippen LogP contribution is 2.38. The van der Waals surface area contributed by atoms with Gasteiger partial charge >= 0.3 is 11.9 Å². The first-order chi connectivity index (χ1) is 22.5. The lowest BCUT2D eigenvalue weighted by Crippen LogP contribution is -2.37. The van der Waals surface area contributed by atoms with Crippen LogP contribution in [0.3, 0.4) is 0 Å². The van der Waals surface area contributed by atoms with E-state index in [0.717, 1.165) is 32.1 Å². The minimum Gasteiger partial charge on any atom is -0.756 e. The Balaban J connectivity index is 4.41. The van der Waals surface area contributed by atoms with Crippen molar-refractivity contribution < 1.29 is 42.1 Å². The van der Waals surface area contributed by atoms with Gasteiger partial charge in [0, 0.05) is 12.8 Å². The molecule has 0 aromatic heterocycles. The highest BCUT2D eigenvalue weighted by Gasteiger charge is 2.21. The number of carbonyl (C=O) groups excluding carboxylic acids is 2. The number of unbranched alkanes of at least 4 members (excludes halogenated alkanes) is 18. The fourth-order valence-electron chi connectivity index (χ4n) is 5.02. The lowest BCUT2D eigenvalue weighted by molar-refractivity contribution is -0.870. The molecule has 0 bridgehead atoms. The summed E-state index contributed by atoms with van der Waals surface area (Å²) in [4.78, 5) is 37.1. The Morgan fingerprint density at radius 1 is 0.638 bits per heavy atom. The number of phosphoric ester groups is 1. The highest BCUT2D eigenvalue weighted by molar-refractivity contribution is 7.45. The molecule has 0 aliphatic rings. The summed E-state index contributed by atoms with van der Waals surface area (Å²) in [6.07, 6.45) is 28.4. The number of allylic oxidation sites excluding steroid dienone is 2. The third-order valence-electron chi connectivity index (χ3n) is 8.05. The van der Waals surface area contributed by atoms with Crippen molar-refractivity contribution in [3.8, 4) is 0 Å². The van der Waals surface area contributed by atoms with Gasteiger partial charge in [-0.2, -0.15) is 0 Å². The van der Waals surface area contributed by atoms with Crippen molar-refractivity contribution in [2.45, 2.75) is 168 Å². The van der Waals surface area contributed by atoms with Crippen LogP contribution in [-0.4, -0.2) is 70.0 Å². The summed E-state index contributed by atoms with van der Waals surface area (Å²) >= 11 is 0. The lowest BCUT2D eigenvalue weighted by atomic mass is 10.1. The van der Waals surface area contributed by atoms with Crippen LogP contribution in [0.25, 0.3) is 0 Å². The Kier molecular flexibility index (Phi) is 30.0. The molecule has 0 aliphatic carbocycles. The van der Waals surface area contributed by atoms with Crippen molar-refractivity contribution in [1.29, 1.82) is 0 Å². The second-order valence-corrected chi connectivity index (χ2v) is 15.4. The Hall–Kier alpha value is -1.25. The molecule has 278 valence electrons. The molecule has 0 heterocycles. The first-order valence-electron chi connectivity index (χ1n) is 18.9. The van der Waals surface area contributed by atoms with E-state index in [-0.39, 0.29) is 26.1 Å². The number of quaternary nitrogens is 1. The molecule has 0 spiro atoms. The van der Waals surface area contributed by atoms with Gasteiger partial charge in [-0.15, -0.1) is 0 Å². The zero-order valence-corrected chi connectivity index (χ0v) is 31.9. The molecule has 0 amide bonds. The molecule has 0 aromatic rings. The highest BCUT2D eigenvalue weighted by atomic mass is 31.2. The van der Waals surface area contributed by atoms with E-state index in [1.54, 1.807) is 0 Å². The maximum atomic E-state index is 12.5. The van der Waals surface area contributed by atoms with Gasteiger partial charge in [0.05, 0.1) is 27.7 Å². The van der Waals surface area contributed by atoms with Gasteiger partial charge in [-0.25, -0.2) is 0 Å². The van der Waals surface area contributed by atoms with Gasteiger partial charge in [-0.05, 0) is 25.7 Å². The quantitative estimate of drug-likeness (QED) is 0.0216. The SMILES string of the molecule is CCCCCCCCCCCCC/C=C/CCC(=O)OC[C@@H](COP(=O)([O-])OCC[N+](C)(C)C)OC(=O)CCCCCCCCCC. The van der Waals surface area contributed by atoms with Gasteiger partial charge in [-0.3, -0.25) is 14.2 Å². The maximum Gasteiger partial charge on any atom is 0.306 e. The smallest absolute Gasteiger partial charge is 0.306 e. The van der Waals surface area contributed by atoms with Crippen molar-refractivity contribution in [1.82, 2.24) is 0 Å². The van der Waals surface area contributed by atoms with E-state index in [0.29, 0.717) is 23.9 Å². The molecule has 0 radical (unpaired) electrons. The molecule has 0 aliphatic heterocycles. The Morgan fingerprint density at radius 3 is 1.66 bits per heavy atom. The van der Waals surface area contributed by atoms with Crippen LogP contribution < -0.4 is 4.89 Å². The summed E-state index contributed by atoms with van der Waals surface area (Å²) in [5.74, 6) is -0.893. The molecule has 0 aromatic carbocycles. The zero-order valence-electron chi connectivity index (χ0n) is 31.0. The summed E-state index contributed by atoms with van der Waals surface area (Å²) in [5.41, 5.74) is 0. The van der Waals surface area contributed by atoms with Crippen molar-refractivity contribution >= 4 is 19.8 Å². The first kappa shape index (κ1) is 45.8. The van der Waals surface area contributed by atoms with E-state index in [4.69, 9.17) is 18.5 Å². The summed E-state index contributed by atoms with van der Waals surface area (Å²) in [6, 6.07) is 0. The third kappa shape index (κ3) is 34.4. The molecule has 2 atom stereocenters. The normalized spacial score (nSPS) is 13.9. The molecule has 47 heavy (non-hydrogen) atoms. The monoisotopic (exact) mass is 689 g/mol. The number of ether oxygens (including phenoxy) is 2. The number of likely N-dealkylation sites (N-methyl/N-ethyl adjacent to an activating group) is 1. The largest absolute Gasteiger partial charge is 0.756 e. The van der Waals surface area contributed by atoms with Gasteiger partial charge in [0.1, 0.15) is 19.8 Å². The summed E-state index contributed by atoms with van der Waals surface area (Å²) in [5, 5.41) is 0. The lowest BCUT2D eigenvalue weighted by Gasteiger charge is -2.28. The molecule has 10 heteroatoms. The van der Waals surface area contributed by atoms with Crippen LogP contribution in [0.4, 0.5) is 0 Å². The number of rotatable bonds is 34. The Bertz CT molecular complexity index is 830. The Morgan fingerprint density at radius 2 is 1.13 bits per heavy atom. The van der Waals surface area contributed by atoms with Crippen molar-refractivity contribution in [3.05, 3.63) is 12.2 Å². The average molecular weight is 690 g/mol. The number of phosphoric acid groups is 1. The minimum atomic E-state index is -4.61. The summed E-state index contributed by atoms with van der Waals surface area (Å²) in [7, 11) is 1.15. The molecular weight excluding hydrogens is 617 g/mol. The second-order valence-electron chi connectivity index (χ2n) is 13.9. The maximum absolute atomic E-state index is 12.5. The van der Waals surface area contributed by atoms with Crippen molar-refractivity contribution in [2.24, 2.45) is 0 Å². The van der Waals surface area contributed by atoms with E-state index in [9.17, 15) is 19.0 Å². The van der Waals surface area contributed by atoms with Crippen LogP contribution in [-0.2, 0) is 32.7 Å². The number of nitrogens with zero attached hydrogens (tertiary/aromatic N) is 1. The number of esters is 2. The van der Waals surface area contributed by atoms with Crippen molar-refractivity contribution in [3.63, 3.8) is 0 Å². The molecule has 0 saturated carbocycles. The van der Waals surface area contributed by atoms with E-state index in [2.05, 4.69) is 19.9 Å². The van der Waals surface area contributed by atoms with Crippen LogP contribution >= 0.6 is 7.82 Å². The van der Waals surface area contributed by atoms with E-state index < -0.39 is 32.5 Å². The summed E-state index contributed by atoms with van der Waals surface area (Å²) < 4.78 is 33.6. The topological polar surface area (TPSA) is 111 Å². The van der Waals surface area contributed by atoms with Crippen LogP contribution in [0.2, 0.25) is 0 Å². The van der Waals surface area contributed by atoms with Gasteiger partial charge in [0.25, 0.3) is 7.82 Å². The summed E-state index contributed by atoms with van der Waals surface area (Å²) in [6.45, 7) is 4.14. The van der Waals surface area contributed by atoms with E-state index in [1.807, 2.05) is 27.2 Å².